The van der Waals surface area contributed by atoms with Crippen molar-refractivity contribution in [2.24, 2.45) is 5.92 Å². The average Bonchev–Trinajstić information content (AvgIpc) is 2.76. The first-order valence-electron chi connectivity index (χ1n) is 7.40. The molecule has 1 saturated heterocycles. The van der Waals surface area contributed by atoms with E-state index in [1.54, 1.807) is 0 Å². The van der Waals surface area contributed by atoms with Crippen LogP contribution in [0.5, 0.6) is 0 Å². The van der Waals surface area contributed by atoms with Crippen LogP contribution in [0.1, 0.15) is 53.4 Å². The molecule has 0 amide bonds. The van der Waals surface area contributed by atoms with Crippen LogP contribution < -0.4 is 5.32 Å². The zero-order valence-corrected chi connectivity index (χ0v) is 12.5. The summed E-state index contributed by atoms with van der Waals surface area (Å²) >= 11 is 0. The zero-order valence-electron chi connectivity index (χ0n) is 12.5. The highest BCUT2D eigenvalue weighted by molar-refractivity contribution is 5.04. The van der Waals surface area contributed by atoms with Crippen LogP contribution in [0, 0.1) is 17.2 Å². The third-order valence-electron chi connectivity index (χ3n) is 3.95. The Labute approximate surface area is 113 Å². The van der Waals surface area contributed by atoms with Gasteiger partial charge in [-0.3, -0.25) is 5.32 Å². The second-order valence-corrected chi connectivity index (χ2v) is 6.21. The second-order valence-electron chi connectivity index (χ2n) is 6.21. The summed E-state index contributed by atoms with van der Waals surface area (Å²) in [6, 6.07) is 2.79. The number of hydrogen-bond acceptors (Lipinski definition) is 3. The second kappa shape index (κ2) is 7.11. The van der Waals surface area contributed by atoms with Gasteiger partial charge in [0, 0.05) is 12.6 Å². The van der Waals surface area contributed by atoms with Gasteiger partial charge < -0.3 is 4.90 Å². The first-order chi connectivity index (χ1) is 8.49. The van der Waals surface area contributed by atoms with Crippen molar-refractivity contribution in [2.75, 3.05) is 19.6 Å². The van der Waals surface area contributed by atoms with Gasteiger partial charge in [0.05, 0.1) is 6.07 Å². The molecule has 1 rings (SSSR count). The number of nitrogens with zero attached hydrogens (tertiary/aromatic N) is 2. The van der Waals surface area contributed by atoms with Crippen LogP contribution >= 0.6 is 0 Å². The number of nitrogens with one attached hydrogen (secondary N) is 1. The van der Waals surface area contributed by atoms with Crippen LogP contribution in [0.15, 0.2) is 0 Å². The van der Waals surface area contributed by atoms with Gasteiger partial charge in [-0.25, -0.2) is 0 Å². The minimum Gasteiger partial charge on any atom is -0.303 e. The Morgan fingerprint density at radius 2 is 2.22 bits per heavy atom. The Morgan fingerprint density at radius 1 is 1.50 bits per heavy atom. The molecule has 0 radical (unpaired) electrons. The molecule has 2 unspecified atom stereocenters. The summed E-state index contributed by atoms with van der Waals surface area (Å²) in [4.78, 5) is 2.56. The molecular formula is C15H29N3. The normalized spacial score (nSPS) is 24.1. The van der Waals surface area contributed by atoms with E-state index in [4.69, 9.17) is 0 Å². The maximum absolute atomic E-state index is 9.28. The van der Waals surface area contributed by atoms with Crippen LogP contribution in [0.25, 0.3) is 0 Å². The van der Waals surface area contributed by atoms with Crippen LogP contribution in [0.2, 0.25) is 0 Å². The van der Waals surface area contributed by atoms with Gasteiger partial charge in [0.1, 0.15) is 5.54 Å². The quantitative estimate of drug-likeness (QED) is 0.756. The van der Waals surface area contributed by atoms with Gasteiger partial charge in [0.15, 0.2) is 0 Å². The summed E-state index contributed by atoms with van der Waals surface area (Å²) in [6.07, 6.45) is 4.72. The van der Waals surface area contributed by atoms with Crippen molar-refractivity contribution in [1.29, 1.82) is 5.26 Å². The molecule has 1 N–H and O–H groups in total. The molecule has 104 valence electrons. The fraction of sp³-hybridized carbons (Fsp3) is 0.933. The van der Waals surface area contributed by atoms with E-state index in [1.807, 2.05) is 6.92 Å². The number of rotatable bonds is 7. The Bertz CT molecular complexity index is 282. The van der Waals surface area contributed by atoms with Crippen molar-refractivity contribution in [2.45, 2.75) is 65.0 Å². The van der Waals surface area contributed by atoms with E-state index in [0.29, 0.717) is 6.04 Å². The largest absolute Gasteiger partial charge is 0.303 e. The van der Waals surface area contributed by atoms with Crippen LogP contribution in [-0.2, 0) is 0 Å². The van der Waals surface area contributed by atoms with Crippen molar-refractivity contribution >= 4 is 0 Å². The molecule has 1 aliphatic heterocycles. The monoisotopic (exact) mass is 251 g/mol. The van der Waals surface area contributed by atoms with Crippen LogP contribution in [-0.4, -0.2) is 36.1 Å². The lowest BCUT2D eigenvalue weighted by Gasteiger charge is -2.27. The van der Waals surface area contributed by atoms with Crippen molar-refractivity contribution in [3.8, 4) is 6.07 Å². The molecule has 1 aliphatic rings. The Morgan fingerprint density at radius 3 is 2.72 bits per heavy atom. The fourth-order valence-electron chi connectivity index (χ4n) is 2.90. The number of hydrogen-bond donors (Lipinski definition) is 1. The average molecular weight is 251 g/mol. The lowest BCUT2D eigenvalue weighted by molar-refractivity contribution is 0.291. The third-order valence-corrected chi connectivity index (χ3v) is 3.95. The molecule has 1 fully saturated rings. The molecule has 0 aliphatic carbocycles. The van der Waals surface area contributed by atoms with Crippen molar-refractivity contribution in [1.82, 2.24) is 10.2 Å². The van der Waals surface area contributed by atoms with Crippen molar-refractivity contribution < 1.29 is 0 Å². The van der Waals surface area contributed by atoms with E-state index >= 15 is 0 Å². The Hall–Kier alpha value is -0.590. The van der Waals surface area contributed by atoms with Gasteiger partial charge >= 0.3 is 0 Å². The summed E-state index contributed by atoms with van der Waals surface area (Å²) < 4.78 is 0. The molecule has 0 saturated carbocycles. The first-order valence-corrected chi connectivity index (χ1v) is 7.40. The van der Waals surface area contributed by atoms with E-state index in [0.717, 1.165) is 25.3 Å². The van der Waals surface area contributed by atoms with E-state index in [9.17, 15) is 5.26 Å². The van der Waals surface area contributed by atoms with E-state index in [1.165, 1.54) is 25.9 Å². The van der Waals surface area contributed by atoms with Gasteiger partial charge in [0.2, 0.25) is 0 Å². The molecule has 3 nitrogen and oxygen atoms in total. The Balaban J connectivity index is 2.26. The minimum atomic E-state index is -0.363. The summed E-state index contributed by atoms with van der Waals surface area (Å²) in [7, 11) is 0. The van der Waals surface area contributed by atoms with E-state index in [-0.39, 0.29) is 5.54 Å². The molecule has 0 aromatic carbocycles. The molecule has 1 heterocycles. The SMILES string of the molecule is CCC1CCN(CCCC(C)(C#N)NC(C)C)C1. The molecule has 0 aromatic rings. The molecule has 0 bridgehead atoms. The summed E-state index contributed by atoms with van der Waals surface area (Å²) in [5.74, 6) is 0.904. The van der Waals surface area contributed by atoms with Gasteiger partial charge in [-0.2, -0.15) is 5.26 Å². The third kappa shape index (κ3) is 4.96. The standard InChI is InChI=1S/C15H29N3/c1-5-14-7-10-18(11-14)9-6-8-15(4,12-16)17-13(2)3/h13-14,17H,5-11H2,1-4H3. The van der Waals surface area contributed by atoms with E-state index in [2.05, 4.69) is 37.1 Å². The van der Waals surface area contributed by atoms with Crippen LogP contribution in [0.3, 0.4) is 0 Å². The van der Waals surface area contributed by atoms with Crippen molar-refractivity contribution in [3.05, 3.63) is 0 Å². The highest BCUT2D eigenvalue weighted by Gasteiger charge is 2.25. The predicted octanol–water partition coefficient (Wildman–Crippen LogP) is 2.78. The number of likely N-dealkylation sites (tertiary alicyclic amines) is 1. The lowest BCUT2D eigenvalue weighted by Crippen LogP contribution is -2.45. The Kier molecular flexibility index (Phi) is 6.11. The smallest absolute Gasteiger partial charge is 0.104 e. The molecular weight excluding hydrogens is 222 g/mol. The summed E-state index contributed by atoms with van der Waals surface area (Å²) in [5, 5.41) is 12.7. The molecule has 3 heteroatoms. The first kappa shape index (κ1) is 15.5. The van der Waals surface area contributed by atoms with Crippen LogP contribution in [0.4, 0.5) is 0 Å². The predicted molar refractivity (Wildman–Crippen MR) is 76.4 cm³/mol. The topological polar surface area (TPSA) is 39.1 Å². The fourth-order valence-corrected chi connectivity index (χ4v) is 2.90. The van der Waals surface area contributed by atoms with Gasteiger partial charge in [-0.05, 0) is 59.0 Å². The maximum Gasteiger partial charge on any atom is 0.104 e. The molecule has 2 atom stereocenters. The van der Waals surface area contributed by atoms with E-state index < -0.39 is 0 Å². The molecule has 0 spiro atoms. The van der Waals surface area contributed by atoms with Gasteiger partial charge in [-0.1, -0.05) is 13.3 Å². The molecule has 18 heavy (non-hydrogen) atoms. The van der Waals surface area contributed by atoms with Gasteiger partial charge in [-0.15, -0.1) is 0 Å². The summed E-state index contributed by atoms with van der Waals surface area (Å²) in [5.41, 5.74) is -0.363. The minimum absolute atomic E-state index is 0.363. The summed E-state index contributed by atoms with van der Waals surface area (Å²) in [6.45, 7) is 12.2. The highest BCUT2D eigenvalue weighted by Crippen LogP contribution is 2.20. The lowest BCUT2D eigenvalue weighted by atomic mass is 9.96. The zero-order chi connectivity index (χ0) is 13.6. The number of nitriles is 1. The van der Waals surface area contributed by atoms with Gasteiger partial charge in [0.25, 0.3) is 0 Å². The van der Waals surface area contributed by atoms with Crippen molar-refractivity contribution in [3.63, 3.8) is 0 Å². The maximum atomic E-state index is 9.28. The highest BCUT2D eigenvalue weighted by atomic mass is 15.1. The molecule has 0 aromatic heterocycles.